The van der Waals surface area contributed by atoms with E-state index in [9.17, 15) is 9.59 Å². The number of carbonyl (C=O) groups excluding carboxylic acids is 2. The van der Waals surface area contributed by atoms with Gasteiger partial charge >= 0.3 is 0 Å². The monoisotopic (exact) mass is 311 g/mol. The summed E-state index contributed by atoms with van der Waals surface area (Å²) in [7, 11) is 1.75. The summed E-state index contributed by atoms with van der Waals surface area (Å²) in [6, 6.07) is 9.80. The molecule has 2 rings (SSSR count). The third kappa shape index (κ3) is 5.36. The Morgan fingerprint density at radius 2 is 2.05 bits per heavy atom. The van der Waals surface area contributed by atoms with E-state index in [-0.39, 0.29) is 36.7 Å². The van der Waals surface area contributed by atoms with Crippen LogP contribution in [0.1, 0.15) is 12.0 Å². The second-order valence-electron chi connectivity index (χ2n) is 5.14. The number of hydrogen-bond donors (Lipinski definition) is 2. The molecule has 1 aliphatic rings. The summed E-state index contributed by atoms with van der Waals surface area (Å²) in [5, 5.41) is 5.86. The topological polar surface area (TPSA) is 61.4 Å². The molecule has 0 radical (unpaired) electrons. The SMILES string of the molecule is CN(Cc1ccccc1)C(=O)CNC(=O)C1CCNC1.Cl. The van der Waals surface area contributed by atoms with Gasteiger partial charge in [-0.05, 0) is 18.5 Å². The van der Waals surface area contributed by atoms with Gasteiger partial charge in [-0.2, -0.15) is 0 Å². The molecule has 1 fully saturated rings. The highest BCUT2D eigenvalue weighted by molar-refractivity contribution is 5.86. The summed E-state index contributed by atoms with van der Waals surface area (Å²) in [4.78, 5) is 25.4. The number of likely N-dealkylation sites (N-methyl/N-ethyl adjacent to an activating group) is 1. The minimum Gasteiger partial charge on any atom is -0.347 e. The van der Waals surface area contributed by atoms with Crippen molar-refractivity contribution in [3.63, 3.8) is 0 Å². The molecule has 0 bridgehead atoms. The fraction of sp³-hybridized carbons (Fsp3) is 0.467. The summed E-state index contributed by atoms with van der Waals surface area (Å²) in [6.45, 7) is 2.21. The lowest BCUT2D eigenvalue weighted by atomic mass is 10.1. The summed E-state index contributed by atoms with van der Waals surface area (Å²) >= 11 is 0. The van der Waals surface area contributed by atoms with E-state index in [0.717, 1.165) is 18.5 Å². The second kappa shape index (κ2) is 8.64. The molecule has 116 valence electrons. The van der Waals surface area contributed by atoms with Gasteiger partial charge < -0.3 is 15.5 Å². The molecule has 0 aliphatic carbocycles. The first-order valence-corrected chi connectivity index (χ1v) is 6.93. The third-order valence-corrected chi connectivity index (χ3v) is 3.53. The van der Waals surface area contributed by atoms with E-state index < -0.39 is 0 Å². The molecule has 5 nitrogen and oxygen atoms in total. The molecule has 1 saturated heterocycles. The Labute approximate surface area is 131 Å². The maximum absolute atomic E-state index is 12.0. The van der Waals surface area contributed by atoms with Crippen molar-refractivity contribution in [3.8, 4) is 0 Å². The largest absolute Gasteiger partial charge is 0.347 e. The highest BCUT2D eigenvalue weighted by atomic mass is 35.5. The van der Waals surface area contributed by atoms with Gasteiger partial charge in [0.15, 0.2) is 0 Å². The first kappa shape index (κ1) is 17.5. The summed E-state index contributed by atoms with van der Waals surface area (Å²) in [5.41, 5.74) is 1.08. The molecule has 1 heterocycles. The molecule has 1 aromatic rings. The lowest BCUT2D eigenvalue weighted by molar-refractivity contribution is -0.133. The van der Waals surface area contributed by atoms with Crippen LogP contribution in [0.15, 0.2) is 30.3 Å². The van der Waals surface area contributed by atoms with Crippen molar-refractivity contribution in [2.75, 3.05) is 26.7 Å². The lowest BCUT2D eigenvalue weighted by Gasteiger charge is -2.18. The Morgan fingerprint density at radius 1 is 1.33 bits per heavy atom. The van der Waals surface area contributed by atoms with Crippen LogP contribution in [0.4, 0.5) is 0 Å². The second-order valence-corrected chi connectivity index (χ2v) is 5.14. The molecule has 0 aromatic heterocycles. The zero-order valence-electron chi connectivity index (χ0n) is 12.2. The lowest BCUT2D eigenvalue weighted by Crippen LogP contribution is -2.40. The first-order chi connectivity index (χ1) is 9.66. The van der Waals surface area contributed by atoms with Gasteiger partial charge in [0, 0.05) is 20.1 Å². The van der Waals surface area contributed by atoms with Crippen molar-refractivity contribution in [2.45, 2.75) is 13.0 Å². The van der Waals surface area contributed by atoms with Crippen molar-refractivity contribution in [3.05, 3.63) is 35.9 Å². The van der Waals surface area contributed by atoms with Gasteiger partial charge in [-0.15, -0.1) is 12.4 Å². The van der Waals surface area contributed by atoms with Gasteiger partial charge in [0.2, 0.25) is 11.8 Å². The number of halogens is 1. The van der Waals surface area contributed by atoms with Crippen molar-refractivity contribution < 1.29 is 9.59 Å². The summed E-state index contributed by atoms with van der Waals surface area (Å²) < 4.78 is 0. The number of hydrogen-bond acceptors (Lipinski definition) is 3. The van der Waals surface area contributed by atoms with Crippen LogP contribution in [0.3, 0.4) is 0 Å². The van der Waals surface area contributed by atoms with Crippen LogP contribution < -0.4 is 10.6 Å². The van der Waals surface area contributed by atoms with Crippen LogP contribution in [0.5, 0.6) is 0 Å². The summed E-state index contributed by atoms with van der Waals surface area (Å²) in [5.74, 6) is -0.105. The van der Waals surface area contributed by atoms with E-state index in [1.165, 1.54) is 0 Å². The number of carbonyl (C=O) groups is 2. The van der Waals surface area contributed by atoms with Gasteiger partial charge in [0.25, 0.3) is 0 Å². The van der Waals surface area contributed by atoms with Crippen molar-refractivity contribution in [1.29, 1.82) is 0 Å². The van der Waals surface area contributed by atoms with Gasteiger partial charge in [-0.3, -0.25) is 9.59 Å². The highest BCUT2D eigenvalue weighted by Gasteiger charge is 2.22. The molecule has 21 heavy (non-hydrogen) atoms. The zero-order valence-corrected chi connectivity index (χ0v) is 13.0. The predicted octanol–water partition coefficient (Wildman–Crippen LogP) is 0.792. The maximum Gasteiger partial charge on any atom is 0.242 e. The highest BCUT2D eigenvalue weighted by Crippen LogP contribution is 2.07. The van der Waals surface area contributed by atoms with Crippen LogP contribution >= 0.6 is 12.4 Å². The quantitative estimate of drug-likeness (QED) is 0.845. The van der Waals surface area contributed by atoms with E-state index in [0.29, 0.717) is 13.1 Å². The first-order valence-electron chi connectivity index (χ1n) is 6.93. The molecule has 1 atom stereocenters. The van der Waals surface area contributed by atoms with Crippen molar-refractivity contribution in [1.82, 2.24) is 15.5 Å². The molecular weight excluding hydrogens is 290 g/mol. The normalized spacial score (nSPS) is 16.9. The van der Waals surface area contributed by atoms with Crippen LogP contribution in [-0.4, -0.2) is 43.4 Å². The molecule has 0 saturated carbocycles. The molecule has 0 spiro atoms. The molecule has 1 aromatic carbocycles. The van der Waals surface area contributed by atoms with E-state index in [2.05, 4.69) is 10.6 Å². The Balaban J connectivity index is 0.00000220. The number of nitrogens with zero attached hydrogens (tertiary/aromatic N) is 1. The Kier molecular flexibility index (Phi) is 7.19. The van der Waals surface area contributed by atoms with Crippen molar-refractivity contribution >= 4 is 24.2 Å². The predicted molar refractivity (Wildman–Crippen MR) is 84.2 cm³/mol. The number of benzene rings is 1. The van der Waals surface area contributed by atoms with Gasteiger partial charge in [0.1, 0.15) is 0 Å². The minimum atomic E-state index is -0.0758. The standard InChI is InChI=1S/C15H21N3O2.ClH/c1-18(11-12-5-3-2-4-6-12)14(19)10-17-15(20)13-7-8-16-9-13;/h2-6,13,16H,7-11H2,1H3,(H,17,20);1H. The molecule has 1 aliphatic heterocycles. The average molecular weight is 312 g/mol. The molecule has 2 N–H and O–H groups in total. The molecular formula is C15H22ClN3O2. The average Bonchev–Trinajstić information content (AvgIpc) is 2.99. The fourth-order valence-electron chi connectivity index (χ4n) is 2.27. The van der Waals surface area contributed by atoms with Gasteiger partial charge in [-0.1, -0.05) is 30.3 Å². The van der Waals surface area contributed by atoms with E-state index in [4.69, 9.17) is 0 Å². The van der Waals surface area contributed by atoms with E-state index in [1.54, 1.807) is 11.9 Å². The Morgan fingerprint density at radius 3 is 2.67 bits per heavy atom. The zero-order chi connectivity index (χ0) is 14.4. The number of nitrogens with one attached hydrogen (secondary N) is 2. The maximum atomic E-state index is 12.0. The number of rotatable bonds is 5. The fourth-order valence-corrected chi connectivity index (χ4v) is 2.27. The van der Waals surface area contributed by atoms with E-state index >= 15 is 0 Å². The third-order valence-electron chi connectivity index (χ3n) is 3.53. The molecule has 1 unspecified atom stereocenters. The van der Waals surface area contributed by atoms with Crippen LogP contribution in [-0.2, 0) is 16.1 Å². The van der Waals surface area contributed by atoms with Crippen molar-refractivity contribution in [2.24, 2.45) is 5.92 Å². The summed E-state index contributed by atoms with van der Waals surface area (Å²) in [6.07, 6.45) is 0.847. The van der Waals surface area contributed by atoms with Crippen LogP contribution in [0.2, 0.25) is 0 Å². The Bertz CT molecular complexity index is 461. The number of amides is 2. The Hall–Kier alpha value is -1.59. The molecule has 2 amide bonds. The van der Waals surface area contributed by atoms with Gasteiger partial charge in [0.05, 0.1) is 12.5 Å². The smallest absolute Gasteiger partial charge is 0.242 e. The van der Waals surface area contributed by atoms with Gasteiger partial charge in [-0.25, -0.2) is 0 Å². The van der Waals surface area contributed by atoms with Crippen LogP contribution in [0.25, 0.3) is 0 Å². The van der Waals surface area contributed by atoms with E-state index in [1.807, 2.05) is 30.3 Å². The molecule has 6 heteroatoms. The van der Waals surface area contributed by atoms with Crippen LogP contribution in [0, 0.1) is 5.92 Å². The minimum absolute atomic E-state index is 0.